The number of hydrogen-bond acceptors (Lipinski definition) is 2. The van der Waals surface area contributed by atoms with Crippen LogP contribution < -0.4 is 5.32 Å². The van der Waals surface area contributed by atoms with E-state index in [2.05, 4.69) is 44.5 Å². The molecular weight excluding hydrogens is 358 g/mol. The first-order valence-electron chi connectivity index (χ1n) is 12.4. The first-order valence-corrected chi connectivity index (χ1v) is 12.4. The SMILES string of the molecule is CCCCCCCCCCC/C=C/CCCC1N=CC[N+]1(CC)C(C)NC(C)=O. The summed E-state index contributed by atoms with van der Waals surface area (Å²) in [5.74, 6) is 0.0496. The molecule has 0 radical (unpaired) electrons. The summed E-state index contributed by atoms with van der Waals surface area (Å²) in [7, 11) is 0. The summed E-state index contributed by atoms with van der Waals surface area (Å²) in [6.07, 6.45) is 24.4. The molecule has 1 aliphatic rings. The van der Waals surface area contributed by atoms with E-state index in [9.17, 15) is 4.79 Å². The van der Waals surface area contributed by atoms with Gasteiger partial charge in [0, 0.05) is 20.3 Å². The highest BCUT2D eigenvalue weighted by atomic mass is 16.1. The van der Waals surface area contributed by atoms with Crippen molar-refractivity contribution in [2.45, 2.75) is 123 Å². The highest BCUT2D eigenvalue weighted by molar-refractivity contribution is 5.73. The molecule has 0 saturated carbocycles. The third-order valence-electron chi connectivity index (χ3n) is 6.54. The number of carbonyl (C=O) groups is 1. The maximum atomic E-state index is 11.5. The Kier molecular flexibility index (Phi) is 14.0. The third-order valence-corrected chi connectivity index (χ3v) is 6.54. The van der Waals surface area contributed by atoms with Gasteiger partial charge in [-0.05, 0) is 32.6 Å². The van der Waals surface area contributed by atoms with Crippen LogP contribution in [0.5, 0.6) is 0 Å². The largest absolute Gasteiger partial charge is 0.307 e. The third kappa shape index (κ3) is 9.93. The van der Waals surface area contributed by atoms with Gasteiger partial charge in [-0.2, -0.15) is 0 Å². The van der Waals surface area contributed by atoms with E-state index in [0.717, 1.165) is 30.4 Å². The van der Waals surface area contributed by atoms with Gasteiger partial charge in [-0.15, -0.1) is 0 Å². The van der Waals surface area contributed by atoms with Crippen LogP contribution in [0.3, 0.4) is 0 Å². The van der Waals surface area contributed by atoms with E-state index in [1.165, 1.54) is 70.6 Å². The molecule has 0 aromatic heterocycles. The number of nitrogens with zero attached hydrogens (tertiary/aromatic N) is 2. The molecule has 0 aliphatic carbocycles. The number of unbranched alkanes of at least 4 members (excludes halogenated alkanes) is 10. The zero-order chi connectivity index (χ0) is 21.4. The van der Waals surface area contributed by atoms with Crippen molar-refractivity contribution < 1.29 is 9.28 Å². The average Bonchev–Trinajstić information content (AvgIpc) is 3.12. The summed E-state index contributed by atoms with van der Waals surface area (Å²) in [4.78, 5) is 16.3. The number of quaternary nitrogens is 1. The fraction of sp³-hybridized carbons (Fsp3) is 0.840. The van der Waals surface area contributed by atoms with Crippen LogP contribution in [0.25, 0.3) is 0 Å². The van der Waals surface area contributed by atoms with Crippen molar-refractivity contribution in [3.63, 3.8) is 0 Å². The number of rotatable bonds is 17. The second-order valence-corrected chi connectivity index (χ2v) is 8.81. The average molecular weight is 407 g/mol. The van der Waals surface area contributed by atoms with Crippen molar-refractivity contribution in [3.8, 4) is 0 Å². The maximum absolute atomic E-state index is 11.5. The molecule has 3 unspecified atom stereocenters. The lowest BCUT2D eigenvalue weighted by molar-refractivity contribution is -0.959. The minimum Gasteiger partial charge on any atom is -0.307 e. The van der Waals surface area contributed by atoms with Gasteiger partial charge in [0.05, 0.1) is 12.8 Å². The lowest BCUT2D eigenvalue weighted by atomic mass is 10.1. The van der Waals surface area contributed by atoms with Crippen LogP contribution in [0.1, 0.15) is 111 Å². The Labute approximate surface area is 180 Å². The predicted octanol–water partition coefficient (Wildman–Crippen LogP) is 6.36. The van der Waals surface area contributed by atoms with Crippen LogP contribution in [0.15, 0.2) is 17.1 Å². The topological polar surface area (TPSA) is 41.5 Å². The molecule has 0 saturated heterocycles. The van der Waals surface area contributed by atoms with Gasteiger partial charge in [-0.1, -0.05) is 70.4 Å². The summed E-state index contributed by atoms with van der Waals surface area (Å²) in [6, 6.07) is 0. The standard InChI is InChI=1S/C25H47N3O/c1-5-7-8-9-10-11-12-13-14-15-16-17-18-19-20-25-26-21-22-28(25,6-2)23(3)27-24(4)29/h16-17,21,23,25H,5-15,18-20,22H2,1-4H3/p+1/b17-16+. The molecule has 0 spiro atoms. The molecule has 1 rings (SSSR count). The number of nitrogens with one attached hydrogen (secondary N) is 1. The van der Waals surface area contributed by atoms with Crippen molar-refractivity contribution in [1.82, 2.24) is 5.32 Å². The molecule has 0 aromatic carbocycles. The van der Waals surface area contributed by atoms with Gasteiger partial charge < -0.3 is 5.32 Å². The quantitative estimate of drug-likeness (QED) is 0.170. The van der Waals surface area contributed by atoms with E-state index in [1.54, 1.807) is 6.92 Å². The van der Waals surface area contributed by atoms with E-state index >= 15 is 0 Å². The smallest absolute Gasteiger partial charge is 0.221 e. The van der Waals surface area contributed by atoms with Gasteiger partial charge in [0.2, 0.25) is 5.91 Å². The molecule has 0 aromatic rings. The molecule has 1 amide bonds. The molecule has 0 bridgehead atoms. The van der Waals surface area contributed by atoms with Crippen LogP contribution >= 0.6 is 0 Å². The van der Waals surface area contributed by atoms with E-state index < -0.39 is 0 Å². The first-order chi connectivity index (χ1) is 14.1. The lowest BCUT2D eigenvalue weighted by Crippen LogP contribution is -2.63. The Morgan fingerprint density at radius 1 is 1.03 bits per heavy atom. The fourth-order valence-electron chi connectivity index (χ4n) is 4.59. The molecule has 4 heteroatoms. The van der Waals surface area contributed by atoms with Gasteiger partial charge in [0.1, 0.15) is 6.54 Å². The van der Waals surface area contributed by atoms with Crippen LogP contribution in [-0.2, 0) is 4.79 Å². The Morgan fingerprint density at radius 3 is 2.21 bits per heavy atom. The minimum absolute atomic E-state index is 0.0496. The summed E-state index contributed by atoms with van der Waals surface area (Å²) in [6.45, 7) is 10.1. The molecule has 4 nitrogen and oxygen atoms in total. The van der Waals surface area contributed by atoms with Crippen molar-refractivity contribution in [2.24, 2.45) is 4.99 Å². The van der Waals surface area contributed by atoms with Crippen molar-refractivity contribution in [2.75, 3.05) is 13.1 Å². The molecule has 168 valence electrons. The van der Waals surface area contributed by atoms with E-state index in [-0.39, 0.29) is 18.2 Å². The fourth-order valence-corrected chi connectivity index (χ4v) is 4.59. The number of hydrogen-bond donors (Lipinski definition) is 1. The van der Waals surface area contributed by atoms with Gasteiger partial charge in [0.15, 0.2) is 12.3 Å². The van der Waals surface area contributed by atoms with E-state index in [1.807, 2.05) is 0 Å². The second-order valence-electron chi connectivity index (χ2n) is 8.81. The Morgan fingerprint density at radius 2 is 1.62 bits per heavy atom. The van der Waals surface area contributed by atoms with Crippen LogP contribution in [0, 0.1) is 0 Å². The highest BCUT2D eigenvalue weighted by Gasteiger charge is 2.42. The van der Waals surface area contributed by atoms with Gasteiger partial charge in [-0.25, -0.2) is 4.99 Å². The van der Waals surface area contributed by atoms with Crippen LogP contribution in [-0.4, -0.2) is 42.0 Å². The number of allylic oxidation sites excluding steroid dienone is 2. The van der Waals surface area contributed by atoms with Crippen molar-refractivity contribution in [3.05, 3.63) is 12.2 Å². The molecule has 29 heavy (non-hydrogen) atoms. The number of aliphatic imine (C=N–C) groups is 1. The molecule has 1 N–H and O–H groups in total. The predicted molar refractivity (Wildman–Crippen MR) is 126 cm³/mol. The lowest BCUT2D eigenvalue weighted by Gasteiger charge is -2.42. The highest BCUT2D eigenvalue weighted by Crippen LogP contribution is 2.26. The Hall–Kier alpha value is -1.16. The molecule has 1 heterocycles. The van der Waals surface area contributed by atoms with Crippen LogP contribution in [0.4, 0.5) is 0 Å². The number of amides is 1. The summed E-state index contributed by atoms with van der Waals surface area (Å²) >= 11 is 0. The van der Waals surface area contributed by atoms with Gasteiger partial charge in [-0.3, -0.25) is 9.28 Å². The Bertz CT molecular complexity index is 488. The number of carbonyl (C=O) groups excluding carboxylic acids is 1. The van der Waals surface area contributed by atoms with Crippen molar-refractivity contribution >= 4 is 12.1 Å². The second kappa shape index (κ2) is 15.6. The molecule has 0 fully saturated rings. The minimum atomic E-state index is 0.0496. The molecular formula is C25H48N3O+. The normalized spacial score (nSPS) is 22.4. The summed E-state index contributed by atoms with van der Waals surface area (Å²) in [5.41, 5.74) is 0. The molecule has 1 aliphatic heterocycles. The first kappa shape index (κ1) is 25.9. The van der Waals surface area contributed by atoms with Crippen molar-refractivity contribution in [1.29, 1.82) is 0 Å². The van der Waals surface area contributed by atoms with Crippen LogP contribution in [0.2, 0.25) is 0 Å². The zero-order valence-corrected chi connectivity index (χ0v) is 19.8. The van der Waals surface area contributed by atoms with E-state index in [0.29, 0.717) is 0 Å². The van der Waals surface area contributed by atoms with Gasteiger partial charge in [0.25, 0.3) is 0 Å². The zero-order valence-electron chi connectivity index (χ0n) is 19.8. The maximum Gasteiger partial charge on any atom is 0.221 e. The monoisotopic (exact) mass is 406 g/mol. The Balaban J connectivity index is 2.12. The molecule has 3 atom stereocenters. The summed E-state index contributed by atoms with van der Waals surface area (Å²) in [5, 5.41) is 3.10. The van der Waals surface area contributed by atoms with Gasteiger partial charge >= 0.3 is 0 Å². The van der Waals surface area contributed by atoms with E-state index in [4.69, 9.17) is 4.99 Å². The summed E-state index contributed by atoms with van der Waals surface area (Å²) < 4.78 is 0.863.